The molecule has 0 aliphatic carbocycles. The highest BCUT2D eigenvalue weighted by molar-refractivity contribution is 7.99. The fraction of sp³-hybridized carbons (Fsp3) is 0.529. The van der Waals surface area contributed by atoms with Crippen LogP contribution in [-0.2, 0) is 0 Å². The molecule has 2 heterocycles. The Kier molecular flexibility index (Phi) is 5.70. The average Bonchev–Trinajstić information content (AvgIpc) is 3.27. The Morgan fingerprint density at radius 3 is 2.44 bits per heavy atom. The number of rotatable bonds is 7. The van der Waals surface area contributed by atoms with E-state index in [0.717, 1.165) is 24.4 Å². The second-order valence-corrected chi connectivity index (χ2v) is 6.99. The predicted octanol–water partition coefficient (Wildman–Crippen LogP) is 2.81. The molecule has 1 fully saturated rings. The van der Waals surface area contributed by atoms with Gasteiger partial charge in [-0.05, 0) is 38.1 Å². The number of ether oxygens (including phenoxy) is 3. The molecule has 8 heteroatoms. The number of hydrogen-bond acceptors (Lipinski definition) is 8. The normalized spacial score (nSPS) is 17.7. The lowest BCUT2D eigenvalue weighted by Gasteiger charge is -2.12. The molecule has 0 saturated carbocycles. The van der Waals surface area contributed by atoms with E-state index >= 15 is 0 Å². The first-order valence-corrected chi connectivity index (χ1v) is 9.08. The second kappa shape index (κ2) is 7.97. The maximum Gasteiger partial charge on any atom is 0.276 e. The highest BCUT2D eigenvalue weighted by Gasteiger charge is 2.21. The summed E-state index contributed by atoms with van der Waals surface area (Å²) in [4.78, 5) is 2.35. The minimum Gasteiger partial charge on any atom is -0.493 e. The average molecular weight is 365 g/mol. The zero-order valence-electron chi connectivity index (χ0n) is 14.9. The van der Waals surface area contributed by atoms with E-state index in [-0.39, 0.29) is 0 Å². The molecule has 25 heavy (non-hydrogen) atoms. The lowest BCUT2D eigenvalue weighted by atomic mass is 10.2. The van der Waals surface area contributed by atoms with Crippen LogP contribution in [0.15, 0.2) is 21.8 Å². The van der Waals surface area contributed by atoms with Gasteiger partial charge in [0, 0.05) is 17.9 Å². The number of benzene rings is 1. The van der Waals surface area contributed by atoms with Crippen molar-refractivity contribution in [2.24, 2.45) is 5.92 Å². The molecular weight excluding hydrogens is 342 g/mol. The van der Waals surface area contributed by atoms with Crippen LogP contribution in [0.3, 0.4) is 0 Å². The van der Waals surface area contributed by atoms with Crippen molar-refractivity contribution in [3.05, 3.63) is 12.1 Å². The van der Waals surface area contributed by atoms with E-state index in [9.17, 15) is 0 Å². The molecule has 1 aliphatic rings. The number of aromatic nitrogens is 2. The molecule has 0 unspecified atom stereocenters. The molecule has 0 bridgehead atoms. The van der Waals surface area contributed by atoms with Gasteiger partial charge in [0.1, 0.15) is 0 Å². The summed E-state index contributed by atoms with van der Waals surface area (Å²) in [7, 11) is 6.88. The Morgan fingerprint density at radius 2 is 1.88 bits per heavy atom. The summed E-state index contributed by atoms with van der Waals surface area (Å²) >= 11 is 1.61. The molecule has 0 N–H and O–H groups in total. The van der Waals surface area contributed by atoms with Crippen LogP contribution in [-0.4, -0.2) is 62.3 Å². The maximum absolute atomic E-state index is 5.80. The van der Waals surface area contributed by atoms with Gasteiger partial charge in [-0.3, -0.25) is 0 Å². The van der Waals surface area contributed by atoms with Gasteiger partial charge >= 0.3 is 0 Å². The molecule has 1 saturated heterocycles. The van der Waals surface area contributed by atoms with Crippen molar-refractivity contribution in [1.29, 1.82) is 0 Å². The van der Waals surface area contributed by atoms with Crippen LogP contribution in [0.1, 0.15) is 6.42 Å². The van der Waals surface area contributed by atoms with Gasteiger partial charge in [-0.15, -0.1) is 10.2 Å². The highest BCUT2D eigenvalue weighted by atomic mass is 32.2. The summed E-state index contributed by atoms with van der Waals surface area (Å²) in [6.07, 6.45) is 1.22. The standard InChI is InChI=1S/C17H23N3O4S/c1-20-6-5-11(9-20)10-25-17-19-18-16(24-17)12-7-13(21-2)15(23-4)14(8-12)22-3/h7-8,11H,5-6,9-10H2,1-4H3/t11-/m1/s1. The first-order valence-electron chi connectivity index (χ1n) is 8.09. The van der Waals surface area contributed by atoms with Crippen molar-refractivity contribution in [3.8, 4) is 28.7 Å². The summed E-state index contributed by atoms with van der Waals surface area (Å²) < 4.78 is 21.9. The van der Waals surface area contributed by atoms with Crippen LogP contribution in [0.25, 0.3) is 11.5 Å². The van der Waals surface area contributed by atoms with Crippen molar-refractivity contribution in [3.63, 3.8) is 0 Å². The van der Waals surface area contributed by atoms with Crippen molar-refractivity contribution in [2.75, 3.05) is 47.2 Å². The van der Waals surface area contributed by atoms with E-state index < -0.39 is 0 Å². The van der Waals surface area contributed by atoms with Gasteiger partial charge in [0.25, 0.3) is 5.22 Å². The molecule has 0 spiro atoms. The molecule has 7 nitrogen and oxygen atoms in total. The first-order chi connectivity index (χ1) is 12.1. The van der Waals surface area contributed by atoms with Gasteiger partial charge in [0.2, 0.25) is 11.6 Å². The monoisotopic (exact) mass is 365 g/mol. The summed E-state index contributed by atoms with van der Waals surface area (Å²) in [6.45, 7) is 2.28. The zero-order valence-corrected chi connectivity index (χ0v) is 15.8. The molecule has 0 amide bonds. The fourth-order valence-corrected chi connectivity index (χ4v) is 3.83. The third-order valence-electron chi connectivity index (χ3n) is 4.25. The predicted molar refractivity (Wildman–Crippen MR) is 95.7 cm³/mol. The van der Waals surface area contributed by atoms with E-state index in [2.05, 4.69) is 22.1 Å². The van der Waals surface area contributed by atoms with E-state index in [1.54, 1.807) is 45.2 Å². The Morgan fingerprint density at radius 1 is 1.16 bits per heavy atom. The SMILES string of the molecule is COc1cc(-c2nnc(SC[C@@H]3CCN(C)C3)o2)cc(OC)c1OC. The largest absolute Gasteiger partial charge is 0.493 e. The number of likely N-dealkylation sites (tertiary alicyclic amines) is 1. The smallest absolute Gasteiger partial charge is 0.276 e. The zero-order chi connectivity index (χ0) is 17.8. The van der Waals surface area contributed by atoms with Crippen LogP contribution < -0.4 is 14.2 Å². The molecular formula is C17H23N3O4S. The van der Waals surface area contributed by atoms with Crippen LogP contribution in [0.4, 0.5) is 0 Å². The number of hydrogen-bond donors (Lipinski definition) is 0. The van der Waals surface area contributed by atoms with Crippen molar-refractivity contribution in [1.82, 2.24) is 15.1 Å². The first kappa shape index (κ1) is 17.9. The van der Waals surface area contributed by atoms with Gasteiger partial charge in [-0.1, -0.05) is 11.8 Å². The van der Waals surface area contributed by atoms with Crippen molar-refractivity contribution in [2.45, 2.75) is 11.6 Å². The quantitative estimate of drug-likeness (QED) is 0.694. The Hall–Kier alpha value is -1.93. The van der Waals surface area contributed by atoms with Crippen LogP contribution >= 0.6 is 11.8 Å². The van der Waals surface area contributed by atoms with Crippen LogP contribution in [0.2, 0.25) is 0 Å². The molecule has 2 aromatic rings. The van der Waals surface area contributed by atoms with E-state index in [1.807, 2.05) is 0 Å². The number of thioether (sulfide) groups is 1. The fourth-order valence-electron chi connectivity index (χ4n) is 2.94. The van der Waals surface area contributed by atoms with Gasteiger partial charge in [0.05, 0.1) is 21.3 Å². The molecule has 0 radical (unpaired) electrons. The van der Waals surface area contributed by atoms with E-state index in [0.29, 0.717) is 34.3 Å². The lowest BCUT2D eigenvalue weighted by molar-refractivity contribution is 0.324. The molecule has 1 aromatic carbocycles. The topological polar surface area (TPSA) is 69.9 Å². The Bertz CT molecular complexity index is 697. The van der Waals surface area contributed by atoms with E-state index in [4.69, 9.17) is 18.6 Å². The van der Waals surface area contributed by atoms with Crippen molar-refractivity contribution < 1.29 is 18.6 Å². The minimum atomic E-state index is 0.435. The molecule has 1 atom stereocenters. The highest BCUT2D eigenvalue weighted by Crippen LogP contribution is 2.41. The Labute approximate surface area is 151 Å². The van der Waals surface area contributed by atoms with Crippen LogP contribution in [0, 0.1) is 5.92 Å². The molecule has 1 aliphatic heterocycles. The van der Waals surface area contributed by atoms with Crippen molar-refractivity contribution >= 4 is 11.8 Å². The minimum absolute atomic E-state index is 0.435. The number of nitrogens with zero attached hydrogens (tertiary/aromatic N) is 3. The summed E-state index contributed by atoms with van der Waals surface area (Å²) in [6, 6.07) is 3.60. The summed E-state index contributed by atoms with van der Waals surface area (Å²) in [5.41, 5.74) is 0.731. The van der Waals surface area contributed by atoms with Gasteiger partial charge < -0.3 is 23.5 Å². The Balaban J connectivity index is 1.75. The third-order valence-corrected chi connectivity index (χ3v) is 5.30. The van der Waals surface area contributed by atoms with Gasteiger partial charge in [-0.25, -0.2) is 0 Å². The number of methoxy groups -OCH3 is 3. The molecule has 1 aromatic heterocycles. The van der Waals surface area contributed by atoms with E-state index in [1.165, 1.54) is 6.42 Å². The summed E-state index contributed by atoms with van der Waals surface area (Å²) in [5.74, 6) is 3.74. The third kappa shape index (κ3) is 4.01. The second-order valence-electron chi connectivity index (χ2n) is 6.02. The lowest BCUT2D eigenvalue weighted by Crippen LogP contribution is -2.14. The molecule has 136 valence electrons. The van der Waals surface area contributed by atoms with Gasteiger partial charge in [0.15, 0.2) is 11.5 Å². The summed E-state index contributed by atoms with van der Waals surface area (Å²) in [5, 5.41) is 8.88. The van der Waals surface area contributed by atoms with Gasteiger partial charge in [-0.2, -0.15) is 0 Å². The van der Waals surface area contributed by atoms with Crippen LogP contribution in [0.5, 0.6) is 17.2 Å². The maximum atomic E-state index is 5.80. The molecule has 3 rings (SSSR count).